The second-order valence-corrected chi connectivity index (χ2v) is 7.75. The zero-order chi connectivity index (χ0) is 21.6. The highest BCUT2D eigenvalue weighted by Crippen LogP contribution is 2.17. The highest BCUT2D eigenvalue weighted by Gasteiger charge is 2.19. The van der Waals surface area contributed by atoms with E-state index in [0.29, 0.717) is 26.2 Å². The minimum atomic E-state index is -0.432. The summed E-state index contributed by atoms with van der Waals surface area (Å²) in [7, 11) is 1.42. The van der Waals surface area contributed by atoms with Gasteiger partial charge in [0.15, 0.2) is 0 Å². The van der Waals surface area contributed by atoms with Crippen LogP contribution in [0.25, 0.3) is 0 Å². The molecule has 0 heterocycles. The fourth-order valence-electron chi connectivity index (χ4n) is 3.38. The number of methoxy groups -OCH3 is 1. The number of esters is 1. The predicted octanol–water partition coefficient (Wildman–Crippen LogP) is 4.40. The van der Waals surface area contributed by atoms with Crippen LogP contribution in [0.3, 0.4) is 0 Å². The molecule has 0 fully saturated rings. The Morgan fingerprint density at radius 3 is 2.10 bits per heavy atom. The lowest BCUT2D eigenvalue weighted by atomic mass is 9.99. The summed E-state index contributed by atoms with van der Waals surface area (Å²) in [5.41, 5.74) is 0. The third kappa shape index (κ3) is 19.0. The van der Waals surface area contributed by atoms with E-state index in [2.05, 4.69) is 11.7 Å². The Hall–Kier alpha value is -0.690. The number of hydrogen-bond donors (Lipinski definition) is 2. The average molecular weight is 419 g/mol. The lowest BCUT2D eigenvalue weighted by Crippen LogP contribution is -2.30. The molecule has 0 aliphatic heterocycles. The van der Waals surface area contributed by atoms with E-state index >= 15 is 0 Å². The number of carbonyl (C=O) groups excluding carboxylic acids is 1. The van der Waals surface area contributed by atoms with Gasteiger partial charge >= 0.3 is 5.97 Å². The van der Waals surface area contributed by atoms with Gasteiger partial charge in [-0.15, -0.1) is 0 Å². The van der Waals surface area contributed by atoms with E-state index in [-0.39, 0.29) is 18.7 Å². The molecular formula is C23H46O6. The quantitative estimate of drug-likeness (QED) is 0.200. The molecule has 2 unspecified atom stereocenters. The van der Waals surface area contributed by atoms with Crippen molar-refractivity contribution in [3.8, 4) is 0 Å². The molecule has 0 bridgehead atoms. The Morgan fingerprint density at radius 1 is 0.828 bits per heavy atom. The van der Waals surface area contributed by atoms with Gasteiger partial charge in [0.25, 0.3) is 0 Å². The minimum absolute atomic E-state index is 0.0140. The van der Waals surface area contributed by atoms with Gasteiger partial charge in [0.2, 0.25) is 0 Å². The van der Waals surface area contributed by atoms with Crippen LogP contribution in [0.5, 0.6) is 0 Å². The number of ether oxygens (including phenoxy) is 3. The average Bonchev–Trinajstić information content (AvgIpc) is 2.73. The Morgan fingerprint density at radius 2 is 1.45 bits per heavy atom. The molecule has 6 heteroatoms. The first-order chi connectivity index (χ1) is 14.2. The van der Waals surface area contributed by atoms with Crippen LogP contribution in [0.4, 0.5) is 0 Å². The molecule has 0 aliphatic carbocycles. The van der Waals surface area contributed by atoms with E-state index in [0.717, 1.165) is 51.4 Å². The molecule has 6 nitrogen and oxygen atoms in total. The summed E-state index contributed by atoms with van der Waals surface area (Å²) in [5.74, 6) is -0.139. The molecule has 0 saturated heterocycles. The molecule has 2 atom stereocenters. The van der Waals surface area contributed by atoms with E-state index in [1.54, 1.807) is 0 Å². The van der Waals surface area contributed by atoms with E-state index in [1.165, 1.54) is 39.2 Å². The predicted molar refractivity (Wildman–Crippen MR) is 116 cm³/mol. The van der Waals surface area contributed by atoms with Crippen LogP contribution in [0, 0.1) is 0 Å². The van der Waals surface area contributed by atoms with Crippen LogP contribution >= 0.6 is 0 Å². The number of unbranched alkanes of at least 4 members (excludes halogenated alkanes) is 9. The maximum absolute atomic E-state index is 11.1. The standard InChI is InChI=1S/C23H46O6/c1-3-4-5-6-8-11-14-21(25)22(29-20-19-28-18-17-24)15-12-9-7-10-13-16-23(26)27-2/h21-22,24-25H,3-20H2,1-2H3. The van der Waals surface area contributed by atoms with Gasteiger partial charge in [-0.1, -0.05) is 71.1 Å². The van der Waals surface area contributed by atoms with Gasteiger partial charge in [0, 0.05) is 6.42 Å². The van der Waals surface area contributed by atoms with E-state index in [9.17, 15) is 9.90 Å². The number of aliphatic hydroxyl groups is 2. The third-order valence-corrected chi connectivity index (χ3v) is 5.18. The summed E-state index contributed by atoms with van der Waals surface area (Å²) in [4.78, 5) is 11.1. The van der Waals surface area contributed by atoms with Crippen LogP contribution in [0.2, 0.25) is 0 Å². The van der Waals surface area contributed by atoms with Gasteiger partial charge < -0.3 is 24.4 Å². The summed E-state index contributed by atoms with van der Waals surface area (Å²) in [5, 5.41) is 19.3. The van der Waals surface area contributed by atoms with E-state index in [4.69, 9.17) is 14.6 Å². The van der Waals surface area contributed by atoms with Crippen LogP contribution in [0.1, 0.15) is 96.8 Å². The van der Waals surface area contributed by atoms with Crippen LogP contribution in [-0.2, 0) is 19.0 Å². The number of rotatable bonds is 22. The van der Waals surface area contributed by atoms with Gasteiger partial charge in [-0.25, -0.2) is 0 Å². The Balaban J connectivity index is 4.02. The van der Waals surface area contributed by atoms with Gasteiger partial charge in [0.05, 0.1) is 45.7 Å². The summed E-state index contributed by atoms with van der Waals surface area (Å²) < 4.78 is 15.8. The smallest absolute Gasteiger partial charge is 0.305 e. The van der Waals surface area contributed by atoms with Crippen molar-refractivity contribution in [2.75, 3.05) is 33.5 Å². The molecule has 0 radical (unpaired) electrons. The van der Waals surface area contributed by atoms with Crippen molar-refractivity contribution in [2.24, 2.45) is 0 Å². The zero-order valence-electron chi connectivity index (χ0n) is 18.9. The Bertz CT molecular complexity index is 350. The van der Waals surface area contributed by atoms with Crippen molar-refractivity contribution in [3.63, 3.8) is 0 Å². The van der Waals surface area contributed by atoms with Crippen molar-refractivity contribution in [2.45, 2.75) is 109 Å². The molecule has 29 heavy (non-hydrogen) atoms. The SMILES string of the molecule is CCCCCCCCC(O)C(CCCCCCCC(=O)OC)OCCOCCO. The van der Waals surface area contributed by atoms with Crippen molar-refractivity contribution in [1.29, 1.82) is 0 Å². The fourth-order valence-corrected chi connectivity index (χ4v) is 3.38. The summed E-state index contributed by atoms with van der Waals surface area (Å²) in [6.07, 6.45) is 13.9. The van der Waals surface area contributed by atoms with Crippen molar-refractivity contribution in [3.05, 3.63) is 0 Å². The molecule has 0 aromatic heterocycles. The molecule has 0 saturated carbocycles. The lowest BCUT2D eigenvalue weighted by Gasteiger charge is -2.23. The first-order valence-electron chi connectivity index (χ1n) is 11.7. The van der Waals surface area contributed by atoms with Gasteiger partial charge in [-0.3, -0.25) is 4.79 Å². The monoisotopic (exact) mass is 418 g/mol. The molecule has 0 aromatic carbocycles. The first kappa shape index (κ1) is 28.3. The lowest BCUT2D eigenvalue weighted by molar-refractivity contribution is -0.140. The molecule has 2 N–H and O–H groups in total. The molecular weight excluding hydrogens is 372 g/mol. The Kier molecular flexibility index (Phi) is 21.5. The minimum Gasteiger partial charge on any atom is -0.469 e. The van der Waals surface area contributed by atoms with Crippen molar-refractivity contribution >= 4 is 5.97 Å². The zero-order valence-corrected chi connectivity index (χ0v) is 18.9. The molecule has 0 amide bonds. The number of hydrogen-bond acceptors (Lipinski definition) is 6. The van der Waals surface area contributed by atoms with E-state index in [1.807, 2.05) is 0 Å². The first-order valence-corrected chi connectivity index (χ1v) is 11.7. The fraction of sp³-hybridized carbons (Fsp3) is 0.957. The maximum atomic E-state index is 11.1. The number of aliphatic hydroxyl groups excluding tert-OH is 2. The third-order valence-electron chi connectivity index (χ3n) is 5.18. The van der Waals surface area contributed by atoms with Gasteiger partial charge in [0.1, 0.15) is 0 Å². The largest absolute Gasteiger partial charge is 0.469 e. The maximum Gasteiger partial charge on any atom is 0.305 e. The second kappa shape index (κ2) is 22.0. The normalized spacial score (nSPS) is 13.4. The highest BCUT2D eigenvalue weighted by atomic mass is 16.5. The topological polar surface area (TPSA) is 85.2 Å². The van der Waals surface area contributed by atoms with Crippen molar-refractivity contribution < 1.29 is 29.2 Å². The molecule has 174 valence electrons. The molecule has 0 rings (SSSR count). The molecule has 0 aliphatic rings. The van der Waals surface area contributed by atoms with Crippen molar-refractivity contribution in [1.82, 2.24) is 0 Å². The summed E-state index contributed by atoms with van der Waals surface area (Å²) >= 11 is 0. The van der Waals surface area contributed by atoms with E-state index < -0.39 is 6.10 Å². The number of carbonyl (C=O) groups is 1. The van der Waals surface area contributed by atoms with Gasteiger partial charge in [-0.2, -0.15) is 0 Å². The molecule has 0 spiro atoms. The Labute approximate surface area is 178 Å². The molecule has 0 aromatic rings. The summed E-state index contributed by atoms with van der Waals surface area (Å²) in [6.45, 7) is 3.43. The second-order valence-electron chi connectivity index (χ2n) is 7.75. The highest BCUT2D eigenvalue weighted by molar-refractivity contribution is 5.68. The van der Waals surface area contributed by atoms with Crippen LogP contribution < -0.4 is 0 Å². The van der Waals surface area contributed by atoms with Crippen LogP contribution in [-0.4, -0.2) is 61.9 Å². The van der Waals surface area contributed by atoms with Crippen LogP contribution in [0.15, 0.2) is 0 Å². The van der Waals surface area contributed by atoms with Gasteiger partial charge in [-0.05, 0) is 19.3 Å². The summed E-state index contributed by atoms with van der Waals surface area (Å²) in [6, 6.07) is 0.